The monoisotopic (exact) mass is 2020 g/mol. The van der Waals surface area contributed by atoms with Crippen molar-refractivity contribution in [1.82, 2.24) is 49.3 Å². The number of ether oxygens (including phenoxy) is 5. The van der Waals surface area contributed by atoms with Crippen LogP contribution in [0.25, 0.3) is 33.9 Å². The molecule has 26 nitrogen and oxygen atoms in total. The summed E-state index contributed by atoms with van der Waals surface area (Å²) in [6.07, 6.45) is 15.6. The number of anilines is 1. The van der Waals surface area contributed by atoms with E-state index < -0.39 is 66.8 Å². The highest BCUT2D eigenvalue weighted by Gasteiger charge is 2.73. The summed E-state index contributed by atoms with van der Waals surface area (Å²) in [6, 6.07) is 33.8. The molecule has 6 aromatic heterocycles. The molecule has 10 aliphatic carbocycles. The molecule has 11 fully saturated rings. The van der Waals surface area contributed by atoms with Gasteiger partial charge in [-0.15, -0.1) is 0 Å². The highest BCUT2D eigenvalue weighted by Crippen LogP contribution is 2.76. The number of benzene rings is 5. The summed E-state index contributed by atoms with van der Waals surface area (Å²) in [4.78, 5) is 89.5. The van der Waals surface area contributed by atoms with Crippen LogP contribution in [0, 0.1) is 34.9 Å². The molecule has 11 aromatic rings. The van der Waals surface area contributed by atoms with Gasteiger partial charge in [-0.1, -0.05) is 63.7 Å². The number of fused-ring (bicyclic) bond motifs is 4. The zero-order valence-corrected chi connectivity index (χ0v) is 80.1. The van der Waals surface area contributed by atoms with E-state index in [9.17, 15) is 75.1 Å². The van der Waals surface area contributed by atoms with E-state index in [0.717, 1.165) is 103 Å². The molecule has 0 spiro atoms. The van der Waals surface area contributed by atoms with Gasteiger partial charge >= 0.3 is 12.1 Å². The van der Waals surface area contributed by atoms with Crippen LogP contribution in [0.1, 0.15) is 225 Å². The Morgan fingerprint density at radius 2 is 0.972 bits per heavy atom. The number of hydrogen-bond acceptors (Lipinski definition) is 22. The lowest BCUT2D eigenvalue weighted by Gasteiger charge is -2.71. The van der Waals surface area contributed by atoms with Crippen molar-refractivity contribution in [3.05, 3.63) is 242 Å². The Bertz CT molecular complexity index is 6630. The van der Waals surface area contributed by atoms with Crippen molar-refractivity contribution < 1.29 is 103 Å². The largest absolute Gasteiger partial charge is 0.482 e. The van der Waals surface area contributed by atoms with Gasteiger partial charge in [0.15, 0.2) is 47.5 Å². The van der Waals surface area contributed by atoms with Crippen LogP contribution in [0.5, 0.6) is 28.7 Å². The van der Waals surface area contributed by atoms with Crippen LogP contribution >= 0.6 is 46.4 Å². The van der Waals surface area contributed by atoms with Crippen LogP contribution in [-0.2, 0) is 47.5 Å². The molecule has 141 heavy (non-hydrogen) atoms. The van der Waals surface area contributed by atoms with E-state index in [-0.39, 0.29) is 122 Å². The number of amides is 2. The number of aromatic nitrogens is 9. The fraction of sp³-hybridized carbons (Fsp3) is 0.442. The molecule has 0 unspecified atom stereocenters. The first-order chi connectivity index (χ1) is 66.9. The maximum absolute atomic E-state index is 13.9. The normalized spacial score (nSPS) is 28.2. The van der Waals surface area contributed by atoms with Crippen LogP contribution in [-0.4, -0.2) is 149 Å². The molecule has 8 atom stereocenters. The molecule has 2 amide bonds. The Hall–Kier alpha value is -11.4. The number of aryl methyl sites for hydroxylation is 1. The molecular formula is C104H100Cl4F7N11O15. The van der Waals surface area contributed by atoms with Crippen molar-refractivity contribution in [3.63, 3.8) is 0 Å². The molecule has 4 N–H and O–H groups in total. The molecule has 1 saturated heterocycles. The molecule has 5 aliphatic heterocycles. The van der Waals surface area contributed by atoms with Gasteiger partial charge in [-0.3, -0.25) is 43.7 Å². The summed E-state index contributed by atoms with van der Waals surface area (Å²) in [6.45, 7) is 5.05. The third-order valence-electron chi connectivity index (χ3n) is 30.2. The first-order valence-electron chi connectivity index (χ1n) is 47.1. The van der Waals surface area contributed by atoms with Gasteiger partial charge in [-0.25, -0.2) is 14.2 Å². The smallest absolute Gasteiger partial charge is 0.394 e. The van der Waals surface area contributed by atoms with Crippen LogP contribution in [0.15, 0.2) is 175 Å². The predicted octanol–water partition coefficient (Wildman–Crippen LogP) is 21.3. The first kappa shape index (κ1) is 97.0. The summed E-state index contributed by atoms with van der Waals surface area (Å²) >= 11 is 24.0. The minimum Gasteiger partial charge on any atom is -0.482 e. The van der Waals surface area contributed by atoms with Crippen molar-refractivity contribution in [2.75, 3.05) is 18.0 Å². The van der Waals surface area contributed by atoms with Crippen LogP contribution in [0.4, 0.5) is 41.2 Å². The first-order valence-corrected chi connectivity index (χ1v) is 48.6. The van der Waals surface area contributed by atoms with Gasteiger partial charge < -0.3 is 58.1 Å². The molecular weight excluding hydrogens is 1920 g/mol. The highest BCUT2D eigenvalue weighted by atomic mass is 35.5. The van der Waals surface area contributed by atoms with E-state index in [1.165, 1.54) is 48.9 Å². The van der Waals surface area contributed by atoms with Gasteiger partial charge in [0.1, 0.15) is 46.0 Å². The Balaban J connectivity index is 0.000000115. The number of ketones is 4. The number of imidazole rings is 1. The van der Waals surface area contributed by atoms with Gasteiger partial charge in [-0.05, 0) is 233 Å². The number of hydrogen-bond donors (Lipinski definition) is 4. The number of alkyl halides is 6. The molecule has 738 valence electrons. The maximum Gasteiger partial charge on any atom is 0.394 e. The molecule has 6 bridgehead atoms. The minimum absolute atomic E-state index is 0.00398. The fourth-order valence-electron chi connectivity index (χ4n) is 23.5. The minimum atomic E-state index is -3.27. The van der Waals surface area contributed by atoms with E-state index in [1.807, 2.05) is 22.0 Å². The Morgan fingerprint density at radius 3 is 1.43 bits per heavy atom. The number of aliphatic hydroxyl groups is 4. The molecule has 15 aliphatic rings. The quantitative estimate of drug-likeness (QED) is 0.0408. The summed E-state index contributed by atoms with van der Waals surface area (Å²) in [5, 5.41) is 52.6. The number of carbonyl (C=O) groups excluding carboxylic acids is 5. The molecule has 5 aromatic carbocycles. The summed E-state index contributed by atoms with van der Waals surface area (Å²) < 4.78 is 131. The fourth-order valence-corrected chi connectivity index (χ4v) is 24.2. The lowest BCUT2D eigenvalue weighted by Crippen LogP contribution is -2.68. The lowest BCUT2D eigenvalue weighted by atomic mass is 9.34. The number of aliphatic hydroxyl groups excluding tert-OH is 4. The summed E-state index contributed by atoms with van der Waals surface area (Å²) in [5.41, 5.74) is 5.78. The van der Waals surface area contributed by atoms with E-state index in [2.05, 4.69) is 44.5 Å². The van der Waals surface area contributed by atoms with Crippen molar-refractivity contribution in [3.8, 4) is 62.7 Å². The van der Waals surface area contributed by atoms with Crippen molar-refractivity contribution in [2.24, 2.45) is 22.2 Å². The Morgan fingerprint density at radius 1 is 0.496 bits per heavy atom. The molecule has 0 radical (unpaired) electrons. The van der Waals surface area contributed by atoms with Gasteiger partial charge in [0.25, 0.3) is 11.8 Å². The molecule has 11 heterocycles. The summed E-state index contributed by atoms with van der Waals surface area (Å²) in [7, 11) is 0. The van der Waals surface area contributed by atoms with Crippen molar-refractivity contribution in [2.45, 2.75) is 252 Å². The molecule has 26 rings (SSSR count). The Labute approximate surface area is 825 Å². The number of Topliss-reactive ketones (excluding diaryl/α,β-unsaturated/α-hetero) is 4. The van der Waals surface area contributed by atoms with Gasteiger partial charge in [-0.2, -0.15) is 36.4 Å². The second kappa shape index (κ2) is 36.8. The van der Waals surface area contributed by atoms with Gasteiger partial charge in [0.2, 0.25) is 11.7 Å². The zero-order valence-electron chi connectivity index (χ0n) is 77.1. The molecule has 37 heteroatoms. The van der Waals surface area contributed by atoms with Crippen molar-refractivity contribution in [1.29, 1.82) is 0 Å². The standard InChI is InChI=1S/C27H30ClF2N3O4.C26H24ClF2N3O4.C26H24ClF2N3O3.C25H22ClFN2O4/c1-27(29,30)25-9-7-19(15-31-25)33-11-10-32(26(33)36)18-5-2-16(3-6-18)12-22(35)24-14-21(34)20-13-17(28)4-8-23(20)37-24;1-24(28,29)36-17-3-4-19(30-10-17)15-9-31-32(11-15)26-12-25(13-26,14-26)8-21(34)23-7-20(33)18-6-16(27)2-5-22(18)35-23;1-24(28,29)23-5-2-15(9-30-23)18-10-32(14-31-18)26-11-25(12-26,13-26)8-20(34)22-7-19(33)17-6-16(27)3-4-21(17)35-22;1-13-2-3-14(6-17(13)27)22-28-23(33-29-22)25-10-24(11-25,12-25)9-19(31)21-8-18(30)16-7-15(26)4-5-20(16)32-21/h4,7-9,13,15-16,18,21,24,34H,2-3,5-6,10-12,14H2,1H3;2-6,9-11,20,23,33H,7-8,12-14H2,1H3;2-6,9-10,14,19,22,33H,7-8,11-13H2,1H3;2-7,18,21,30H,8-12H2,1H3/t16?,18?,21-,24+;20-,23-,25?,26?;19-,22-,25?,26?;18-,21-,24?,25?/m1100/s1. The van der Waals surface area contributed by atoms with Crippen LogP contribution < -0.4 is 28.6 Å². The van der Waals surface area contributed by atoms with E-state index in [0.29, 0.717) is 157 Å². The number of pyridine rings is 3. The number of halogens is 11. The highest BCUT2D eigenvalue weighted by molar-refractivity contribution is 6.31. The average Bonchev–Trinajstić information content (AvgIpc) is 1.66. The van der Waals surface area contributed by atoms with Crippen LogP contribution in [0.3, 0.4) is 0 Å². The SMILES string of the molecule is CC(F)(F)Oc1ccc(-c2cnn(C34CC(CC(=O)[C@H]5C[C@@H](O)c6cc(Cl)ccc6O5)(C3)C4)c2)nc1.CC(F)(F)c1ccc(-c2cn(C34CC(CC(=O)[C@@H]5C[C@H](O)c6cc(Cl)ccc6O5)(C3)C4)cn2)cn1.CC(F)(F)c1ccc(N2CCN(C3CCC(CC(=O)[C@@H]4C[C@@H](O)c5cc(Cl)ccc5O4)CC3)C2=O)cn1.Cc1ccc(-c2noc(C34CC(CC(=O)[C@@H]5C[C@H](O)c6cc(Cl)ccc6O5)(C3)C4)n2)cc1F. The number of carbonyl (C=O) groups is 5. The maximum atomic E-state index is 13.9. The van der Waals surface area contributed by atoms with Gasteiger partial charge in [0.05, 0.1) is 77.4 Å². The van der Waals surface area contributed by atoms with Gasteiger partial charge in [0, 0.05) is 174 Å². The third-order valence-corrected chi connectivity index (χ3v) is 31.2. The number of urea groups is 1. The number of rotatable bonds is 24. The number of nitrogens with zero attached hydrogens (tertiary/aromatic N) is 11. The summed E-state index contributed by atoms with van der Waals surface area (Å²) in [5.74, 6) is -3.14. The zero-order chi connectivity index (χ0) is 99.2. The van der Waals surface area contributed by atoms with E-state index in [4.69, 9.17) is 69.9 Å². The lowest BCUT2D eigenvalue weighted by molar-refractivity contribution is -0.200. The Kier molecular flexibility index (Phi) is 25.3. The third kappa shape index (κ3) is 19.4. The average molecular weight is 2020 g/mol. The second-order valence-electron chi connectivity index (χ2n) is 41.0. The van der Waals surface area contributed by atoms with Crippen LogP contribution in [0.2, 0.25) is 20.1 Å². The van der Waals surface area contributed by atoms with Crippen molar-refractivity contribution >= 4 is 81.3 Å². The predicted molar refractivity (Wildman–Crippen MR) is 502 cm³/mol. The topological polar surface area (TPSA) is 332 Å². The van der Waals surface area contributed by atoms with E-state index in [1.54, 1.807) is 121 Å². The molecule has 10 saturated carbocycles. The van der Waals surface area contributed by atoms with E-state index >= 15 is 0 Å². The second-order valence-corrected chi connectivity index (χ2v) is 42.8.